The smallest absolute Gasteiger partial charge is 0.240 e. The maximum atomic E-state index is 13.0. The van der Waals surface area contributed by atoms with Gasteiger partial charge < -0.3 is 19.7 Å². The molecule has 0 spiro atoms. The number of ether oxygens (including phenoxy) is 1. The fourth-order valence-corrected chi connectivity index (χ4v) is 6.25. The lowest BCUT2D eigenvalue weighted by molar-refractivity contribution is 0.122. The van der Waals surface area contributed by atoms with Gasteiger partial charge in [-0.05, 0) is 55.2 Å². The first kappa shape index (κ1) is 25.9. The number of hydrogen-bond donors (Lipinski definition) is 3. The van der Waals surface area contributed by atoms with Gasteiger partial charge in [-0.1, -0.05) is 41.9 Å². The minimum absolute atomic E-state index is 0.0934. The van der Waals surface area contributed by atoms with Crippen LogP contribution >= 0.6 is 11.6 Å². The van der Waals surface area contributed by atoms with E-state index in [1.54, 1.807) is 24.3 Å². The van der Waals surface area contributed by atoms with Gasteiger partial charge in [-0.2, -0.15) is 0 Å². The van der Waals surface area contributed by atoms with Gasteiger partial charge in [-0.3, -0.25) is 0 Å². The first-order valence-corrected chi connectivity index (χ1v) is 14.9. The van der Waals surface area contributed by atoms with Crippen LogP contribution in [0.3, 0.4) is 0 Å². The molecule has 1 aromatic heterocycles. The highest BCUT2D eigenvalue weighted by atomic mass is 35.5. The van der Waals surface area contributed by atoms with Gasteiger partial charge in [-0.15, -0.1) is 0 Å². The van der Waals surface area contributed by atoms with E-state index in [1.807, 2.05) is 42.5 Å². The van der Waals surface area contributed by atoms with Crippen LogP contribution in [-0.4, -0.2) is 57.1 Å². The van der Waals surface area contributed by atoms with Crippen molar-refractivity contribution in [2.45, 2.75) is 17.7 Å². The van der Waals surface area contributed by atoms with Crippen molar-refractivity contribution in [2.75, 3.05) is 37.7 Å². The number of aliphatic imine (C=N–C) groups is 1. The topological polar surface area (TPSA) is 107 Å². The fourth-order valence-electron chi connectivity index (χ4n) is 4.81. The molecule has 8 nitrogen and oxygen atoms in total. The number of fused-ring (bicyclic) bond motifs is 1. The second-order valence-corrected chi connectivity index (χ2v) is 12.1. The number of aromatic amines is 1. The summed E-state index contributed by atoms with van der Waals surface area (Å²) in [4.78, 5) is 10.2. The highest BCUT2D eigenvalue weighted by molar-refractivity contribution is 7.89. The number of halogens is 1. The summed E-state index contributed by atoms with van der Waals surface area (Å²) in [6.45, 7) is 3.27. The average molecular weight is 565 g/mol. The summed E-state index contributed by atoms with van der Waals surface area (Å²) in [5, 5.41) is 12.2. The van der Waals surface area contributed by atoms with Crippen molar-refractivity contribution in [1.29, 1.82) is 0 Å². The Kier molecular flexibility index (Phi) is 7.07. The summed E-state index contributed by atoms with van der Waals surface area (Å²) < 4.78 is 34.2. The Morgan fingerprint density at radius 2 is 1.85 bits per heavy atom. The molecule has 10 heteroatoms. The van der Waals surface area contributed by atoms with Gasteiger partial charge in [0.2, 0.25) is 10.0 Å². The molecule has 0 atom stereocenters. The molecule has 2 aliphatic rings. The Morgan fingerprint density at radius 3 is 2.56 bits per heavy atom. The number of aromatic hydroxyl groups is 1. The molecule has 0 amide bonds. The largest absolute Gasteiger partial charge is 0.494 e. The van der Waals surface area contributed by atoms with Crippen molar-refractivity contribution in [3.05, 3.63) is 82.9 Å². The molecule has 2 fully saturated rings. The van der Waals surface area contributed by atoms with Crippen molar-refractivity contribution in [1.82, 2.24) is 9.71 Å². The van der Waals surface area contributed by atoms with Crippen molar-refractivity contribution < 1.29 is 18.3 Å². The highest BCUT2D eigenvalue weighted by Crippen LogP contribution is 2.35. The third kappa shape index (κ3) is 5.53. The molecule has 1 aliphatic heterocycles. The second kappa shape index (κ2) is 10.7. The molecule has 1 saturated heterocycles. The highest BCUT2D eigenvalue weighted by Gasteiger charge is 2.26. The lowest BCUT2D eigenvalue weighted by atomic mass is 10.0. The molecule has 4 aromatic rings. The third-order valence-electron chi connectivity index (χ3n) is 7.13. The molecular formula is C29H29ClN4O4S. The van der Waals surface area contributed by atoms with Crippen LogP contribution in [0.2, 0.25) is 5.02 Å². The summed E-state index contributed by atoms with van der Waals surface area (Å²) in [6, 6.07) is 19.9. The van der Waals surface area contributed by atoms with E-state index in [0.29, 0.717) is 58.6 Å². The Bertz CT molecular complexity index is 1640. The summed E-state index contributed by atoms with van der Waals surface area (Å²) in [5.74, 6) is 0.317. The Morgan fingerprint density at radius 1 is 1.08 bits per heavy atom. The van der Waals surface area contributed by atoms with Crippen LogP contribution in [0.4, 0.5) is 11.4 Å². The predicted molar refractivity (Wildman–Crippen MR) is 154 cm³/mol. The number of anilines is 1. The van der Waals surface area contributed by atoms with Crippen molar-refractivity contribution in [3.63, 3.8) is 0 Å². The summed E-state index contributed by atoms with van der Waals surface area (Å²) in [5.41, 5.74) is 3.82. The van der Waals surface area contributed by atoms with E-state index in [2.05, 4.69) is 14.6 Å². The Balaban J connectivity index is 1.44. The number of sulfonamides is 1. The lowest BCUT2D eigenvalue weighted by Crippen LogP contribution is -2.36. The number of aromatic nitrogens is 1. The molecule has 39 heavy (non-hydrogen) atoms. The van der Waals surface area contributed by atoms with Gasteiger partial charge in [0.25, 0.3) is 0 Å². The number of nitrogens with zero attached hydrogens (tertiary/aromatic N) is 2. The van der Waals surface area contributed by atoms with Crippen LogP contribution < -0.4 is 9.62 Å². The number of rotatable bonds is 8. The molecule has 0 bridgehead atoms. The second-order valence-electron chi connectivity index (χ2n) is 9.91. The molecule has 1 aliphatic carbocycles. The van der Waals surface area contributed by atoms with Crippen LogP contribution in [0.15, 0.2) is 76.6 Å². The van der Waals surface area contributed by atoms with E-state index >= 15 is 0 Å². The van der Waals surface area contributed by atoms with Gasteiger partial charge in [0.05, 0.1) is 45.8 Å². The average Bonchev–Trinajstić information content (AvgIpc) is 3.72. The molecular weight excluding hydrogens is 536 g/mol. The van der Waals surface area contributed by atoms with Crippen LogP contribution in [-0.2, 0) is 14.8 Å². The molecule has 6 rings (SSSR count). The SMILES string of the molecule is O=S(=O)(NCC1CC1)c1ccc2[nH]c(O)c(C(=Nc3ccc(N4CCOCC4)c(Cl)c3)c3ccccc3)c2c1. The van der Waals surface area contributed by atoms with Crippen molar-refractivity contribution in [3.8, 4) is 5.88 Å². The van der Waals surface area contributed by atoms with Crippen LogP contribution in [0.5, 0.6) is 5.88 Å². The lowest BCUT2D eigenvalue weighted by Gasteiger charge is -2.29. The number of hydrogen-bond acceptors (Lipinski definition) is 6. The summed E-state index contributed by atoms with van der Waals surface area (Å²) in [6.07, 6.45) is 2.09. The van der Waals surface area contributed by atoms with E-state index in [9.17, 15) is 13.5 Å². The third-order valence-corrected chi connectivity index (χ3v) is 8.85. The standard InChI is InChI=1S/C29H29ClN4O4S/c30-24-16-21(8-11-26(24)34-12-14-38-15-13-34)32-28(20-4-2-1-3-5-20)27-23-17-22(9-10-25(23)33-29(27)35)39(36,37)31-18-19-6-7-19/h1-5,8-11,16-17,19,31,33,35H,6-7,12-15,18H2. The minimum Gasteiger partial charge on any atom is -0.494 e. The first-order valence-electron chi connectivity index (χ1n) is 13.0. The number of morpholine rings is 1. The summed E-state index contributed by atoms with van der Waals surface area (Å²) >= 11 is 6.69. The normalized spacial score (nSPS) is 16.6. The van der Waals surface area contributed by atoms with E-state index in [1.165, 1.54) is 0 Å². The van der Waals surface area contributed by atoms with Crippen molar-refractivity contribution in [2.24, 2.45) is 10.9 Å². The van der Waals surface area contributed by atoms with Gasteiger partial charge in [0, 0.05) is 36.1 Å². The first-order chi connectivity index (χ1) is 18.9. The Hall–Kier alpha value is -3.37. The van der Waals surface area contributed by atoms with Gasteiger partial charge in [0.15, 0.2) is 5.88 Å². The summed E-state index contributed by atoms with van der Waals surface area (Å²) in [7, 11) is -3.70. The fraction of sp³-hybridized carbons (Fsp3) is 0.276. The van der Waals surface area contributed by atoms with Gasteiger partial charge in [-0.25, -0.2) is 18.1 Å². The maximum absolute atomic E-state index is 13.0. The van der Waals surface area contributed by atoms with Crippen LogP contribution in [0, 0.1) is 5.92 Å². The van der Waals surface area contributed by atoms with Gasteiger partial charge >= 0.3 is 0 Å². The number of nitrogens with one attached hydrogen (secondary N) is 2. The predicted octanol–water partition coefficient (Wildman–Crippen LogP) is 5.22. The molecule has 3 N–H and O–H groups in total. The van der Waals surface area contributed by atoms with E-state index in [4.69, 9.17) is 21.3 Å². The van der Waals surface area contributed by atoms with E-state index in [-0.39, 0.29) is 10.8 Å². The quantitative estimate of drug-likeness (QED) is 0.254. The zero-order chi connectivity index (χ0) is 27.0. The van der Waals surface area contributed by atoms with Crippen LogP contribution in [0.25, 0.3) is 10.9 Å². The monoisotopic (exact) mass is 564 g/mol. The number of benzene rings is 3. The zero-order valence-corrected chi connectivity index (χ0v) is 22.8. The van der Waals surface area contributed by atoms with E-state index in [0.717, 1.165) is 37.2 Å². The van der Waals surface area contributed by atoms with Gasteiger partial charge in [0.1, 0.15) is 0 Å². The molecule has 0 radical (unpaired) electrons. The zero-order valence-electron chi connectivity index (χ0n) is 21.2. The maximum Gasteiger partial charge on any atom is 0.240 e. The Labute approximate surface area is 232 Å². The molecule has 1 saturated carbocycles. The van der Waals surface area contributed by atoms with Crippen LogP contribution in [0.1, 0.15) is 24.0 Å². The molecule has 2 heterocycles. The van der Waals surface area contributed by atoms with E-state index < -0.39 is 10.0 Å². The number of H-pyrrole nitrogens is 1. The van der Waals surface area contributed by atoms with Crippen molar-refractivity contribution >= 4 is 49.6 Å². The minimum atomic E-state index is -3.70. The molecule has 3 aromatic carbocycles. The molecule has 202 valence electrons. The molecule has 0 unspecified atom stereocenters.